The van der Waals surface area contributed by atoms with Crippen LogP contribution < -0.4 is 0 Å². The van der Waals surface area contributed by atoms with Gasteiger partial charge in [-0.05, 0) is 54.0 Å². The maximum Gasteiger partial charge on any atom is 0.164 e. The van der Waals surface area contributed by atoms with Gasteiger partial charge in [0.05, 0.1) is 0 Å². The van der Waals surface area contributed by atoms with Gasteiger partial charge in [-0.2, -0.15) is 0 Å². The van der Waals surface area contributed by atoms with Gasteiger partial charge in [0.2, 0.25) is 0 Å². The van der Waals surface area contributed by atoms with Gasteiger partial charge in [-0.1, -0.05) is 41.4 Å². The summed E-state index contributed by atoms with van der Waals surface area (Å²) >= 11 is 11.8. The second kappa shape index (κ2) is 9.40. The van der Waals surface area contributed by atoms with Crippen molar-refractivity contribution in [3.63, 3.8) is 0 Å². The zero-order chi connectivity index (χ0) is 16.9. The number of rotatable bonds is 5. The number of nitrogens with zero attached hydrogens (tertiary/aromatic N) is 1. The molecule has 5 heteroatoms. The molecule has 0 saturated carbocycles. The summed E-state index contributed by atoms with van der Waals surface area (Å²) in [6.07, 6.45) is 3.78. The first-order chi connectivity index (χ1) is 11.6. The highest BCUT2D eigenvalue weighted by atomic mass is 35.5. The van der Waals surface area contributed by atoms with E-state index in [4.69, 9.17) is 23.2 Å². The molecule has 3 rings (SSSR count). The number of hydrogen-bond donors (Lipinski definition) is 0. The van der Waals surface area contributed by atoms with Crippen molar-refractivity contribution in [1.82, 2.24) is 4.90 Å². The fraction of sp³-hybridized carbons (Fsp3) is 0.250. The summed E-state index contributed by atoms with van der Waals surface area (Å²) in [6, 6.07) is 15.1. The SMILES string of the molecule is Cl.O=C(CCN1CC=C(c2ccc(Cl)cc2)CC1)c1ccc(Cl)cc1. The summed E-state index contributed by atoms with van der Waals surface area (Å²) < 4.78 is 0. The molecular weight excluding hydrogens is 377 g/mol. The molecule has 1 heterocycles. The van der Waals surface area contributed by atoms with Crippen LogP contribution >= 0.6 is 35.6 Å². The van der Waals surface area contributed by atoms with Gasteiger partial charge in [0.15, 0.2) is 5.78 Å². The minimum atomic E-state index is 0. The molecule has 0 radical (unpaired) electrons. The summed E-state index contributed by atoms with van der Waals surface area (Å²) in [6.45, 7) is 2.64. The third kappa shape index (κ3) is 5.58. The average molecular weight is 397 g/mol. The van der Waals surface area contributed by atoms with Crippen molar-refractivity contribution in [1.29, 1.82) is 0 Å². The zero-order valence-electron chi connectivity index (χ0n) is 13.8. The molecule has 2 aromatic carbocycles. The molecule has 0 bridgehead atoms. The molecule has 0 aromatic heterocycles. The topological polar surface area (TPSA) is 20.3 Å². The molecule has 25 heavy (non-hydrogen) atoms. The van der Waals surface area contributed by atoms with Crippen LogP contribution in [0, 0.1) is 0 Å². The van der Waals surface area contributed by atoms with E-state index < -0.39 is 0 Å². The van der Waals surface area contributed by atoms with Crippen LogP contribution in [-0.2, 0) is 0 Å². The Morgan fingerprint density at radius 2 is 1.56 bits per heavy atom. The summed E-state index contributed by atoms with van der Waals surface area (Å²) in [5.74, 6) is 0.166. The van der Waals surface area contributed by atoms with Crippen molar-refractivity contribution in [2.24, 2.45) is 0 Å². The van der Waals surface area contributed by atoms with Crippen LogP contribution in [0.4, 0.5) is 0 Å². The Hall–Kier alpha value is -1.32. The lowest BCUT2D eigenvalue weighted by Gasteiger charge is -2.26. The van der Waals surface area contributed by atoms with E-state index in [2.05, 4.69) is 23.1 Å². The maximum absolute atomic E-state index is 12.2. The zero-order valence-corrected chi connectivity index (χ0v) is 16.1. The molecule has 0 N–H and O–H groups in total. The molecule has 2 nitrogen and oxygen atoms in total. The molecule has 0 unspecified atom stereocenters. The van der Waals surface area contributed by atoms with Crippen LogP contribution in [0.2, 0.25) is 10.0 Å². The Balaban J connectivity index is 0.00000225. The van der Waals surface area contributed by atoms with Crippen molar-refractivity contribution in [3.8, 4) is 0 Å². The second-order valence-electron chi connectivity index (χ2n) is 5.97. The van der Waals surface area contributed by atoms with Crippen LogP contribution in [-0.4, -0.2) is 30.3 Å². The van der Waals surface area contributed by atoms with Crippen LogP contribution in [0.5, 0.6) is 0 Å². The second-order valence-corrected chi connectivity index (χ2v) is 6.84. The fourth-order valence-corrected chi connectivity index (χ4v) is 3.13. The molecule has 0 spiro atoms. The molecule has 0 aliphatic carbocycles. The van der Waals surface area contributed by atoms with Gasteiger partial charge in [0, 0.05) is 41.7 Å². The molecule has 0 saturated heterocycles. The summed E-state index contributed by atoms with van der Waals surface area (Å²) in [5.41, 5.74) is 3.32. The van der Waals surface area contributed by atoms with E-state index in [0.29, 0.717) is 11.4 Å². The minimum Gasteiger partial charge on any atom is -0.299 e. The molecule has 132 valence electrons. The fourth-order valence-electron chi connectivity index (χ4n) is 2.88. The first-order valence-corrected chi connectivity index (χ1v) is 8.83. The summed E-state index contributed by atoms with van der Waals surface area (Å²) in [4.78, 5) is 14.5. The number of benzene rings is 2. The van der Waals surface area contributed by atoms with Crippen LogP contribution in [0.3, 0.4) is 0 Å². The van der Waals surface area contributed by atoms with Crippen LogP contribution in [0.15, 0.2) is 54.6 Å². The van der Waals surface area contributed by atoms with Crippen LogP contribution in [0.25, 0.3) is 5.57 Å². The lowest BCUT2D eigenvalue weighted by atomic mass is 9.99. The standard InChI is InChI=1S/C20H19Cl2NO.ClH/c21-18-5-1-15(2-6-18)16-9-12-23(13-10-16)14-11-20(24)17-3-7-19(22)8-4-17;/h1-9H,10-14H2;1H. The van der Waals surface area contributed by atoms with Crippen molar-refractivity contribution >= 4 is 47.0 Å². The highest BCUT2D eigenvalue weighted by molar-refractivity contribution is 6.30. The van der Waals surface area contributed by atoms with Crippen molar-refractivity contribution < 1.29 is 4.79 Å². The van der Waals surface area contributed by atoms with E-state index in [1.54, 1.807) is 24.3 Å². The number of carbonyl (C=O) groups is 1. The summed E-state index contributed by atoms with van der Waals surface area (Å²) in [5, 5.41) is 1.42. The molecular formula is C20H20Cl3NO. The lowest BCUT2D eigenvalue weighted by Crippen LogP contribution is -2.30. The van der Waals surface area contributed by atoms with E-state index in [1.807, 2.05) is 12.1 Å². The van der Waals surface area contributed by atoms with Gasteiger partial charge in [-0.15, -0.1) is 12.4 Å². The lowest BCUT2D eigenvalue weighted by molar-refractivity contribution is 0.0966. The van der Waals surface area contributed by atoms with Gasteiger partial charge < -0.3 is 0 Å². The normalized spacial score (nSPS) is 14.6. The predicted molar refractivity (Wildman–Crippen MR) is 108 cm³/mol. The number of halogens is 3. The smallest absolute Gasteiger partial charge is 0.164 e. The first-order valence-electron chi connectivity index (χ1n) is 8.08. The van der Waals surface area contributed by atoms with E-state index in [-0.39, 0.29) is 18.2 Å². The number of carbonyl (C=O) groups excluding carboxylic acids is 1. The third-order valence-corrected chi connectivity index (χ3v) is 4.83. The highest BCUT2D eigenvalue weighted by Crippen LogP contribution is 2.24. The monoisotopic (exact) mass is 395 g/mol. The Morgan fingerprint density at radius 3 is 2.12 bits per heavy atom. The Kier molecular flexibility index (Phi) is 7.52. The number of hydrogen-bond acceptors (Lipinski definition) is 2. The molecule has 1 aliphatic rings. The number of ketones is 1. The molecule has 2 aromatic rings. The molecule has 0 amide bonds. The molecule has 0 atom stereocenters. The highest BCUT2D eigenvalue weighted by Gasteiger charge is 2.14. The van der Waals surface area contributed by atoms with E-state index >= 15 is 0 Å². The van der Waals surface area contributed by atoms with Gasteiger partial charge in [-0.25, -0.2) is 0 Å². The van der Waals surface area contributed by atoms with Crippen LogP contribution in [0.1, 0.15) is 28.8 Å². The van der Waals surface area contributed by atoms with Crippen molar-refractivity contribution in [2.45, 2.75) is 12.8 Å². The molecule has 0 fully saturated rings. The molecule has 1 aliphatic heterocycles. The van der Waals surface area contributed by atoms with E-state index in [1.165, 1.54) is 11.1 Å². The quantitative estimate of drug-likeness (QED) is 0.597. The van der Waals surface area contributed by atoms with Gasteiger partial charge >= 0.3 is 0 Å². The van der Waals surface area contributed by atoms with E-state index in [0.717, 1.165) is 36.6 Å². The Labute approximate surface area is 164 Å². The predicted octanol–water partition coefficient (Wildman–Crippen LogP) is 5.78. The van der Waals surface area contributed by atoms with Gasteiger partial charge in [0.1, 0.15) is 0 Å². The third-order valence-electron chi connectivity index (χ3n) is 4.33. The summed E-state index contributed by atoms with van der Waals surface area (Å²) in [7, 11) is 0. The van der Waals surface area contributed by atoms with Crippen molar-refractivity contribution in [3.05, 3.63) is 75.8 Å². The maximum atomic E-state index is 12.2. The van der Waals surface area contributed by atoms with Crippen molar-refractivity contribution in [2.75, 3.05) is 19.6 Å². The minimum absolute atomic E-state index is 0. The first kappa shape index (κ1) is 20.0. The number of Topliss-reactive ketones (excluding diaryl/α,β-unsaturated/α-hetero) is 1. The van der Waals surface area contributed by atoms with Gasteiger partial charge in [0.25, 0.3) is 0 Å². The average Bonchev–Trinajstić information content (AvgIpc) is 2.61. The Morgan fingerprint density at radius 1 is 0.960 bits per heavy atom. The van der Waals surface area contributed by atoms with E-state index in [9.17, 15) is 4.79 Å². The Bertz CT molecular complexity index is 739. The van der Waals surface area contributed by atoms with Gasteiger partial charge in [-0.3, -0.25) is 9.69 Å². The largest absolute Gasteiger partial charge is 0.299 e.